The molecule has 19 heavy (non-hydrogen) atoms. The van der Waals surface area contributed by atoms with E-state index in [9.17, 15) is 8.42 Å². The van der Waals surface area contributed by atoms with Crippen molar-refractivity contribution in [3.63, 3.8) is 0 Å². The van der Waals surface area contributed by atoms with E-state index in [0.29, 0.717) is 0 Å². The third-order valence-corrected chi connectivity index (χ3v) is 3.53. The van der Waals surface area contributed by atoms with Crippen LogP contribution in [0.25, 0.3) is 0 Å². The first-order valence-corrected chi connectivity index (χ1v) is 7.21. The number of hydrogen-bond donors (Lipinski definition) is 1. The maximum Gasteiger partial charge on any atom is 0.241 e. The van der Waals surface area contributed by atoms with Crippen LogP contribution in [0.1, 0.15) is 5.56 Å². The van der Waals surface area contributed by atoms with Crippen LogP contribution in [0.2, 0.25) is 5.02 Å². The van der Waals surface area contributed by atoms with Gasteiger partial charge in [0.2, 0.25) is 10.0 Å². The monoisotopic (exact) mass is 301 g/mol. The number of nitrogens with two attached hydrogens (primary N) is 1. The fourth-order valence-electron chi connectivity index (χ4n) is 1.53. The summed E-state index contributed by atoms with van der Waals surface area (Å²) in [6.07, 6.45) is 3.40. The largest absolute Gasteiger partial charge is 0.487 e. The molecule has 1 heterocycles. The van der Waals surface area contributed by atoms with Crippen molar-refractivity contribution in [2.24, 2.45) is 12.2 Å². The summed E-state index contributed by atoms with van der Waals surface area (Å²) in [5.41, 5.74) is 0.817. The third-order valence-electron chi connectivity index (χ3n) is 2.36. The molecule has 0 unspecified atom stereocenters. The van der Waals surface area contributed by atoms with E-state index in [4.69, 9.17) is 21.5 Å². The van der Waals surface area contributed by atoms with Crippen molar-refractivity contribution in [2.45, 2.75) is 11.5 Å². The SMILES string of the molecule is Cn1cc(COc2ccc(Cl)cc2S(N)(=O)=O)cn1. The number of primary sulfonamides is 1. The minimum Gasteiger partial charge on any atom is -0.487 e. The zero-order valence-corrected chi connectivity index (χ0v) is 11.6. The number of ether oxygens (including phenoxy) is 1. The van der Waals surface area contributed by atoms with Gasteiger partial charge >= 0.3 is 0 Å². The van der Waals surface area contributed by atoms with Crippen molar-refractivity contribution < 1.29 is 13.2 Å². The van der Waals surface area contributed by atoms with Gasteiger partial charge in [-0.2, -0.15) is 5.10 Å². The molecule has 102 valence electrons. The van der Waals surface area contributed by atoms with E-state index in [-0.39, 0.29) is 22.3 Å². The maximum absolute atomic E-state index is 11.4. The maximum atomic E-state index is 11.4. The molecule has 1 aromatic carbocycles. The van der Waals surface area contributed by atoms with Crippen molar-refractivity contribution in [1.29, 1.82) is 0 Å². The molecule has 1 aromatic heterocycles. The van der Waals surface area contributed by atoms with Crippen molar-refractivity contribution >= 4 is 21.6 Å². The molecule has 0 radical (unpaired) electrons. The molecule has 0 fully saturated rings. The highest BCUT2D eigenvalue weighted by Crippen LogP contribution is 2.26. The van der Waals surface area contributed by atoms with Gasteiger partial charge in [-0.15, -0.1) is 0 Å². The van der Waals surface area contributed by atoms with Crippen LogP contribution < -0.4 is 9.88 Å². The molecule has 0 atom stereocenters. The number of hydrogen-bond acceptors (Lipinski definition) is 4. The lowest BCUT2D eigenvalue weighted by Crippen LogP contribution is -2.14. The van der Waals surface area contributed by atoms with Crippen molar-refractivity contribution in [3.05, 3.63) is 41.2 Å². The number of benzene rings is 1. The topological polar surface area (TPSA) is 87.2 Å². The highest BCUT2D eigenvalue weighted by atomic mass is 35.5. The fourth-order valence-corrected chi connectivity index (χ4v) is 2.47. The Kier molecular flexibility index (Phi) is 3.79. The Balaban J connectivity index is 2.25. The Morgan fingerprint density at radius 3 is 2.79 bits per heavy atom. The first-order valence-electron chi connectivity index (χ1n) is 5.29. The predicted octanol–water partition coefficient (Wildman–Crippen LogP) is 1.30. The second-order valence-electron chi connectivity index (χ2n) is 3.95. The summed E-state index contributed by atoms with van der Waals surface area (Å²) >= 11 is 5.75. The minimum atomic E-state index is -3.89. The van der Waals surface area contributed by atoms with Crippen LogP contribution in [0, 0.1) is 0 Å². The van der Waals surface area contributed by atoms with E-state index >= 15 is 0 Å². The smallest absolute Gasteiger partial charge is 0.241 e. The normalized spacial score (nSPS) is 11.5. The zero-order valence-electron chi connectivity index (χ0n) is 10.1. The molecule has 2 rings (SSSR count). The lowest BCUT2D eigenvalue weighted by molar-refractivity contribution is 0.298. The quantitative estimate of drug-likeness (QED) is 0.922. The van der Waals surface area contributed by atoms with E-state index in [1.165, 1.54) is 18.2 Å². The number of nitrogens with zero attached hydrogens (tertiary/aromatic N) is 2. The Hall–Kier alpha value is -1.57. The first-order chi connectivity index (χ1) is 8.86. The summed E-state index contributed by atoms with van der Waals surface area (Å²) in [5, 5.41) is 9.38. The Morgan fingerprint density at radius 2 is 2.21 bits per heavy atom. The van der Waals surface area contributed by atoms with Gasteiger partial charge in [0, 0.05) is 23.8 Å². The molecule has 0 spiro atoms. The molecule has 0 amide bonds. The third kappa shape index (κ3) is 3.46. The summed E-state index contributed by atoms with van der Waals surface area (Å²) in [6, 6.07) is 4.27. The van der Waals surface area contributed by atoms with Gasteiger partial charge in [0.15, 0.2) is 0 Å². The number of rotatable bonds is 4. The summed E-state index contributed by atoms with van der Waals surface area (Å²) in [5.74, 6) is 0.163. The first kappa shape index (κ1) is 13.9. The van der Waals surface area contributed by atoms with Gasteiger partial charge in [-0.1, -0.05) is 11.6 Å². The van der Waals surface area contributed by atoms with Gasteiger partial charge in [0.05, 0.1) is 6.20 Å². The summed E-state index contributed by atoms with van der Waals surface area (Å²) in [4.78, 5) is -0.135. The highest BCUT2D eigenvalue weighted by molar-refractivity contribution is 7.89. The van der Waals surface area contributed by atoms with Crippen LogP contribution >= 0.6 is 11.6 Å². The molecule has 2 aromatic rings. The number of halogens is 1. The van der Waals surface area contributed by atoms with Gasteiger partial charge in [0.25, 0.3) is 0 Å². The second-order valence-corrected chi connectivity index (χ2v) is 5.91. The predicted molar refractivity (Wildman–Crippen MR) is 70.4 cm³/mol. The second kappa shape index (κ2) is 5.20. The van der Waals surface area contributed by atoms with E-state index in [2.05, 4.69) is 5.10 Å². The Bertz CT molecular complexity index is 697. The van der Waals surface area contributed by atoms with E-state index in [1.54, 1.807) is 24.1 Å². The summed E-state index contributed by atoms with van der Waals surface area (Å²) < 4.78 is 30.0. The van der Waals surface area contributed by atoms with Gasteiger partial charge in [-0.3, -0.25) is 4.68 Å². The minimum absolute atomic E-state index is 0.135. The van der Waals surface area contributed by atoms with Crippen LogP contribution in [0.4, 0.5) is 0 Å². The van der Waals surface area contributed by atoms with Crippen molar-refractivity contribution in [2.75, 3.05) is 0 Å². The fraction of sp³-hybridized carbons (Fsp3) is 0.182. The molecule has 0 aliphatic heterocycles. The zero-order chi connectivity index (χ0) is 14.0. The standard InChI is InChI=1S/C11H12ClN3O3S/c1-15-6-8(5-14-15)7-18-10-3-2-9(12)4-11(10)19(13,16)17/h2-6H,7H2,1H3,(H2,13,16,17). The molecule has 0 saturated carbocycles. The summed E-state index contributed by atoms with van der Waals surface area (Å²) in [7, 11) is -2.11. The lowest BCUT2D eigenvalue weighted by Gasteiger charge is -2.09. The summed E-state index contributed by atoms with van der Waals surface area (Å²) in [6.45, 7) is 0.192. The molecular weight excluding hydrogens is 290 g/mol. The number of aryl methyl sites for hydroxylation is 1. The van der Waals surface area contributed by atoms with Crippen LogP contribution in [0.15, 0.2) is 35.5 Å². The van der Waals surface area contributed by atoms with Gasteiger partial charge in [-0.05, 0) is 18.2 Å². The molecule has 0 bridgehead atoms. The molecule has 0 aliphatic carbocycles. The van der Waals surface area contributed by atoms with Crippen LogP contribution in [-0.4, -0.2) is 18.2 Å². The van der Waals surface area contributed by atoms with Crippen molar-refractivity contribution in [1.82, 2.24) is 9.78 Å². The number of sulfonamides is 1. The van der Waals surface area contributed by atoms with Gasteiger partial charge in [-0.25, -0.2) is 13.6 Å². The molecule has 6 nitrogen and oxygen atoms in total. The van der Waals surface area contributed by atoms with Crippen LogP contribution in [0.5, 0.6) is 5.75 Å². The molecular formula is C11H12ClN3O3S. The van der Waals surface area contributed by atoms with Gasteiger partial charge < -0.3 is 4.74 Å². The van der Waals surface area contributed by atoms with Crippen molar-refractivity contribution in [3.8, 4) is 5.75 Å². The van der Waals surface area contributed by atoms with E-state index in [1.807, 2.05) is 0 Å². The molecule has 8 heteroatoms. The van der Waals surface area contributed by atoms with Crippen LogP contribution in [0.3, 0.4) is 0 Å². The highest BCUT2D eigenvalue weighted by Gasteiger charge is 2.16. The van der Waals surface area contributed by atoms with E-state index < -0.39 is 10.0 Å². The average Bonchev–Trinajstić information content (AvgIpc) is 2.72. The van der Waals surface area contributed by atoms with Gasteiger partial charge in [0.1, 0.15) is 17.3 Å². The molecule has 0 saturated heterocycles. The number of aromatic nitrogens is 2. The average molecular weight is 302 g/mol. The van der Waals surface area contributed by atoms with E-state index in [0.717, 1.165) is 5.56 Å². The van der Waals surface area contributed by atoms with Crippen LogP contribution in [-0.2, 0) is 23.7 Å². The Labute approximate surface area is 115 Å². The lowest BCUT2D eigenvalue weighted by atomic mass is 10.3. The molecule has 2 N–H and O–H groups in total. The molecule has 0 aliphatic rings. The Morgan fingerprint density at radius 1 is 1.47 bits per heavy atom.